The smallest absolute Gasteiger partial charge is 0.0459 e. The van der Waals surface area contributed by atoms with Gasteiger partial charge in [0.1, 0.15) is 0 Å². The first-order chi connectivity index (χ1) is 7.25. The highest BCUT2D eigenvalue weighted by Gasteiger charge is 2.24. The third-order valence-corrected chi connectivity index (χ3v) is 3.46. The van der Waals surface area contributed by atoms with Gasteiger partial charge in [0.25, 0.3) is 0 Å². The summed E-state index contributed by atoms with van der Waals surface area (Å²) >= 11 is 0. The minimum atomic E-state index is 0.326. The Kier molecular flexibility index (Phi) is 1.86. The molecule has 0 saturated heterocycles. The Morgan fingerprint density at radius 1 is 1.33 bits per heavy atom. The van der Waals surface area contributed by atoms with E-state index in [1.165, 1.54) is 22.2 Å². The van der Waals surface area contributed by atoms with Gasteiger partial charge in [0.15, 0.2) is 0 Å². The van der Waals surface area contributed by atoms with Crippen LogP contribution in [0.25, 0.3) is 10.9 Å². The molecule has 3 N–H and O–H groups in total. The molecule has 1 aromatic heterocycles. The molecule has 1 heterocycles. The van der Waals surface area contributed by atoms with Crippen molar-refractivity contribution in [2.45, 2.75) is 31.7 Å². The number of hydrogen-bond donors (Lipinski definition) is 2. The lowest BCUT2D eigenvalue weighted by molar-refractivity contribution is 0.508. The first kappa shape index (κ1) is 8.98. The highest BCUT2D eigenvalue weighted by atomic mass is 14.8. The number of para-hydroxylation sites is 1. The molecule has 2 heteroatoms. The van der Waals surface area contributed by atoms with E-state index in [9.17, 15) is 0 Å². The van der Waals surface area contributed by atoms with Crippen molar-refractivity contribution in [3.05, 3.63) is 35.5 Å². The molecular formula is C13H16N2. The standard InChI is InChI=1S/C13H16N2/c1-8-6-9(14)7-11-10-4-2-3-5-12(10)15-13(8)11/h2-5,8-9,15H,6-7,14H2,1H3. The largest absolute Gasteiger partial charge is 0.358 e. The summed E-state index contributed by atoms with van der Waals surface area (Å²) in [6, 6.07) is 8.84. The van der Waals surface area contributed by atoms with Crippen LogP contribution in [0.4, 0.5) is 0 Å². The predicted molar refractivity (Wildman–Crippen MR) is 63.0 cm³/mol. The average Bonchev–Trinajstić information content (AvgIpc) is 2.57. The minimum Gasteiger partial charge on any atom is -0.358 e. The van der Waals surface area contributed by atoms with Gasteiger partial charge in [-0.05, 0) is 30.4 Å². The second-order valence-corrected chi connectivity index (χ2v) is 4.66. The number of nitrogens with one attached hydrogen (secondary N) is 1. The van der Waals surface area contributed by atoms with Crippen LogP contribution in [0.3, 0.4) is 0 Å². The fraction of sp³-hybridized carbons (Fsp3) is 0.385. The van der Waals surface area contributed by atoms with Gasteiger partial charge in [-0.15, -0.1) is 0 Å². The summed E-state index contributed by atoms with van der Waals surface area (Å²) in [5, 5.41) is 1.36. The van der Waals surface area contributed by atoms with Gasteiger partial charge < -0.3 is 10.7 Å². The van der Waals surface area contributed by atoms with Crippen LogP contribution in [0.15, 0.2) is 24.3 Å². The number of aromatic nitrogens is 1. The summed E-state index contributed by atoms with van der Waals surface area (Å²) in [6.45, 7) is 2.26. The Bertz CT molecular complexity index is 498. The van der Waals surface area contributed by atoms with Crippen LogP contribution in [-0.4, -0.2) is 11.0 Å². The van der Waals surface area contributed by atoms with Crippen LogP contribution in [0.2, 0.25) is 0 Å². The zero-order valence-corrected chi connectivity index (χ0v) is 8.96. The number of fused-ring (bicyclic) bond motifs is 3. The Morgan fingerprint density at radius 3 is 3.00 bits per heavy atom. The predicted octanol–water partition coefficient (Wildman–Crippen LogP) is 2.54. The molecule has 0 amide bonds. The van der Waals surface area contributed by atoms with Crippen LogP contribution in [0.5, 0.6) is 0 Å². The number of nitrogens with two attached hydrogens (primary N) is 1. The van der Waals surface area contributed by atoms with Crippen molar-refractivity contribution in [1.29, 1.82) is 0 Å². The summed E-state index contributed by atoms with van der Waals surface area (Å²) in [6.07, 6.45) is 2.11. The van der Waals surface area contributed by atoms with E-state index < -0.39 is 0 Å². The Morgan fingerprint density at radius 2 is 2.13 bits per heavy atom. The van der Waals surface area contributed by atoms with Crippen molar-refractivity contribution >= 4 is 10.9 Å². The van der Waals surface area contributed by atoms with Crippen LogP contribution >= 0.6 is 0 Å². The molecule has 1 aliphatic carbocycles. The van der Waals surface area contributed by atoms with E-state index in [-0.39, 0.29) is 0 Å². The van der Waals surface area contributed by atoms with Gasteiger partial charge in [-0.3, -0.25) is 0 Å². The van der Waals surface area contributed by atoms with E-state index in [1.807, 2.05) is 0 Å². The molecule has 1 aromatic carbocycles. The third kappa shape index (κ3) is 1.29. The number of aromatic amines is 1. The molecule has 0 bridgehead atoms. The van der Waals surface area contributed by atoms with Gasteiger partial charge in [-0.25, -0.2) is 0 Å². The second kappa shape index (κ2) is 3.11. The van der Waals surface area contributed by atoms with Gasteiger partial charge in [0.05, 0.1) is 0 Å². The van der Waals surface area contributed by atoms with Crippen LogP contribution in [-0.2, 0) is 6.42 Å². The van der Waals surface area contributed by atoms with Crippen molar-refractivity contribution < 1.29 is 0 Å². The molecule has 0 spiro atoms. The van der Waals surface area contributed by atoms with Gasteiger partial charge in [-0.2, -0.15) is 0 Å². The Hall–Kier alpha value is -1.28. The zero-order chi connectivity index (χ0) is 10.4. The fourth-order valence-corrected chi connectivity index (χ4v) is 2.78. The van der Waals surface area contributed by atoms with Crippen molar-refractivity contribution in [2.75, 3.05) is 0 Å². The lowest BCUT2D eigenvalue weighted by Crippen LogP contribution is -2.29. The molecule has 0 fully saturated rings. The summed E-state index contributed by atoms with van der Waals surface area (Å²) in [5.74, 6) is 0.566. The molecule has 2 nitrogen and oxygen atoms in total. The van der Waals surface area contributed by atoms with Crippen molar-refractivity contribution in [3.8, 4) is 0 Å². The molecule has 3 rings (SSSR count). The molecule has 15 heavy (non-hydrogen) atoms. The number of benzene rings is 1. The highest BCUT2D eigenvalue weighted by molar-refractivity contribution is 5.85. The maximum absolute atomic E-state index is 6.08. The summed E-state index contributed by atoms with van der Waals surface area (Å²) in [5.41, 5.74) is 10.2. The van der Waals surface area contributed by atoms with E-state index >= 15 is 0 Å². The number of rotatable bonds is 0. The summed E-state index contributed by atoms with van der Waals surface area (Å²) < 4.78 is 0. The zero-order valence-electron chi connectivity index (χ0n) is 8.96. The highest BCUT2D eigenvalue weighted by Crippen LogP contribution is 2.34. The van der Waals surface area contributed by atoms with Crippen molar-refractivity contribution in [2.24, 2.45) is 5.73 Å². The molecule has 2 unspecified atom stereocenters. The van der Waals surface area contributed by atoms with Gasteiger partial charge >= 0.3 is 0 Å². The molecule has 78 valence electrons. The maximum atomic E-state index is 6.08. The Balaban J connectivity index is 2.27. The molecular weight excluding hydrogens is 184 g/mol. The molecule has 2 atom stereocenters. The van der Waals surface area contributed by atoms with Crippen LogP contribution in [0.1, 0.15) is 30.5 Å². The molecule has 2 aromatic rings. The number of H-pyrrole nitrogens is 1. The lowest BCUT2D eigenvalue weighted by Gasteiger charge is -2.24. The fourth-order valence-electron chi connectivity index (χ4n) is 2.78. The lowest BCUT2D eigenvalue weighted by atomic mass is 9.85. The Labute approximate surface area is 89.5 Å². The van der Waals surface area contributed by atoms with E-state index in [2.05, 4.69) is 36.2 Å². The second-order valence-electron chi connectivity index (χ2n) is 4.66. The maximum Gasteiger partial charge on any atom is 0.0459 e. The molecule has 0 saturated carbocycles. The van der Waals surface area contributed by atoms with Crippen LogP contribution in [0, 0.1) is 0 Å². The van der Waals surface area contributed by atoms with Crippen LogP contribution < -0.4 is 5.73 Å². The minimum absolute atomic E-state index is 0.326. The monoisotopic (exact) mass is 200 g/mol. The SMILES string of the molecule is CC1CC(N)Cc2c1[nH]c1ccccc21. The van der Waals surface area contributed by atoms with Gasteiger partial charge in [0, 0.05) is 22.6 Å². The summed E-state index contributed by atoms with van der Waals surface area (Å²) in [4.78, 5) is 3.53. The van der Waals surface area contributed by atoms with Crippen molar-refractivity contribution in [1.82, 2.24) is 4.98 Å². The quantitative estimate of drug-likeness (QED) is 0.674. The first-order valence-corrected chi connectivity index (χ1v) is 5.61. The molecule has 0 radical (unpaired) electrons. The molecule has 1 aliphatic rings. The number of hydrogen-bond acceptors (Lipinski definition) is 1. The van der Waals surface area contributed by atoms with Crippen molar-refractivity contribution in [3.63, 3.8) is 0 Å². The topological polar surface area (TPSA) is 41.8 Å². The van der Waals surface area contributed by atoms with Gasteiger partial charge in [0.2, 0.25) is 0 Å². The van der Waals surface area contributed by atoms with E-state index in [0.717, 1.165) is 12.8 Å². The van der Waals surface area contributed by atoms with E-state index in [4.69, 9.17) is 5.73 Å². The molecule has 0 aliphatic heterocycles. The average molecular weight is 200 g/mol. The van der Waals surface area contributed by atoms with Gasteiger partial charge in [-0.1, -0.05) is 25.1 Å². The first-order valence-electron chi connectivity index (χ1n) is 5.61. The normalized spacial score (nSPS) is 25.5. The summed E-state index contributed by atoms with van der Waals surface area (Å²) in [7, 11) is 0. The van der Waals surface area contributed by atoms with E-state index in [0.29, 0.717) is 12.0 Å². The van der Waals surface area contributed by atoms with E-state index in [1.54, 1.807) is 0 Å². The third-order valence-electron chi connectivity index (χ3n) is 3.46.